The molecule has 2 rings (SSSR count). The molecule has 17 heavy (non-hydrogen) atoms. The van der Waals surface area contributed by atoms with E-state index in [1.165, 1.54) is 6.07 Å². The molecule has 3 heteroatoms. The van der Waals surface area contributed by atoms with E-state index in [0.29, 0.717) is 17.9 Å². The van der Waals surface area contributed by atoms with E-state index < -0.39 is 5.60 Å². The summed E-state index contributed by atoms with van der Waals surface area (Å²) in [7, 11) is 0. The zero-order valence-electron chi connectivity index (χ0n) is 10.0. The third-order valence-electron chi connectivity index (χ3n) is 3.92. The van der Waals surface area contributed by atoms with E-state index in [4.69, 9.17) is 0 Å². The summed E-state index contributed by atoms with van der Waals surface area (Å²) in [4.78, 5) is 0. The van der Waals surface area contributed by atoms with Crippen molar-refractivity contribution in [2.45, 2.75) is 44.6 Å². The van der Waals surface area contributed by atoms with Gasteiger partial charge in [0.05, 0.1) is 5.60 Å². The van der Waals surface area contributed by atoms with Crippen LogP contribution in [0.1, 0.15) is 38.2 Å². The fourth-order valence-corrected chi connectivity index (χ4v) is 3.36. The number of hydrogen-bond donors (Lipinski definition) is 1. The number of rotatable bonds is 3. The SMILES string of the molecule is CCC1CCCC1(O)Cc1cc(Br)ccc1F. The molecule has 94 valence electrons. The van der Waals surface area contributed by atoms with Gasteiger partial charge in [-0.15, -0.1) is 0 Å². The van der Waals surface area contributed by atoms with Crippen molar-refractivity contribution in [2.24, 2.45) is 5.92 Å². The van der Waals surface area contributed by atoms with Crippen molar-refractivity contribution >= 4 is 15.9 Å². The van der Waals surface area contributed by atoms with Crippen LogP contribution in [-0.2, 0) is 6.42 Å². The van der Waals surface area contributed by atoms with Gasteiger partial charge in [-0.2, -0.15) is 0 Å². The van der Waals surface area contributed by atoms with Crippen molar-refractivity contribution in [3.8, 4) is 0 Å². The lowest BCUT2D eigenvalue weighted by Gasteiger charge is -2.29. The maximum Gasteiger partial charge on any atom is 0.126 e. The van der Waals surface area contributed by atoms with Crippen LogP contribution >= 0.6 is 15.9 Å². The van der Waals surface area contributed by atoms with E-state index in [-0.39, 0.29) is 5.82 Å². The predicted octanol–water partition coefficient (Wildman–Crippen LogP) is 4.07. The highest BCUT2D eigenvalue weighted by atomic mass is 79.9. The second kappa shape index (κ2) is 5.07. The van der Waals surface area contributed by atoms with Gasteiger partial charge in [-0.3, -0.25) is 0 Å². The molecule has 0 aromatic heterocycles. The molecular formula is C14H18BrFO. The van der Waals surface area contributed by atoms with Gasteiger partial charge in [-0.25, -0.2) is 4.39 Å². The monoisotopic (exact) mass is 300 g/mol. The summed E-state index contributed by atoms with van der Waals surface area (Å²) < 4.78 is 14.6. The Kier molecular flexibility index (Phi) is 3.88. The van der Waals surface area contributed by atoms with Gasteiger partial charge >= 0.3 is 0 Å². The summed E-state index contributed by atoms with van der Waals surface area (Å²) in [6.45, 7) is 2.10. The maximum absolute atomic E-state index is 13.7. The summed E-state index contributed by atoms with van der Waals surface area (Å²) in [5.74, 6) is 0.0873. The predicted molar refractivity (Wildman–Crippen MR) is 70.4 cm³/mol. The molecule has 1 fully saturated rings. The van der Waals surface area contributed by atoms with Gasteiger partial charge in [-0.05, 0) is 42.5 Å². The quantitative estimate of drug-likeness (QED) is 0.892. The molecule has 0 aliphatic heterocycles. The summed E-state index contributed by atoms with van der Waals surface area (Å²) in [6.07, 6.45) is 4.29. The molecule has 0 heterocycles. The second-order valence-electron chi connectivity index (χ2n) is 5.01. The Bertz CT molecular complexity index is 407. The van der Waals surface area contributed by atoms with Crippen molar-refractivity contribution in [2.75, 3.05) is 0 Å². The minimum absolute atomic E-state index is 0.219. The summed E-state index contributed by atoms with van der Waals surface area (Å²) in [5, 5.41) is 10.6. The molecule has 1 aromatic carbocycles. The minimum Gasteiger partial charge on any atom is -0.389 e. The van der Waals surface area contributed by atoms with Crippen molar-refractivity contribution in [3.05, 3.63) is 34.1 Å². The third kappa shape index (κ3) is 2.71. The summed E-state index contributed by atoms with van der Waals surface area (Å²) in [5.41, 5.74) is -0.0987. The zero-order valence-corrected chi connectivity index (χ0v) is 11.6. The van der Waals surface area contributed by atoms with Crippen molar-refractivity contribution in [3.63, 3.8) is 0 Å². The molecule has 1 aliphatic carbocycles. The van der Waals surface area contributed by atoms with E-state index in [0.717, 1.165) is 30.2 Å². The van der Waals surface area contributed by atoms with Gasteiger partial charge in [0.2, 0.25) is 0 Å². The van der Waals surface area contributed by atoms with Crippen LogP contribution in [0.15, 0.2) is 22.7 Å². The molecule has 1 saturated carbocycles. The van der Waals surface area contributed by atoms with Crippen molar-refractivity contribution in [1.29, 1.82) is 0 Å². The topological polar surface area (TPSA) is 20.2 Å². The number of hydrogen-bond acceptors (Lipinski definition) is 1. The molecule has 1 aromatic rings. The van der Waals surface area contributed by atoms with E-state index in [1.807, 2.05) is 0 Å². The van der Waals surface area contributed by atoms with Gasteiger partial charge in [0.1, 0.15) is 5.82 Å². The van der Waals surface area contributed by atoms with E-state index >= 15 is 0 Å². The number of aliphatic hydroxyl groups is 1. The second-order valence-corrected chi connectivity index (χ2v) is 5.93. The largest absolute Gasteiger partial charge is 0.389 e. The Balaban J connectivity index is 2.22. The smallest absolute Gasteiger partial charge is 0.126 e. The van der Waals surface area contributed by atoms with Gasteiger partial charge < -0.3 is 5.11 Å². The summed E-state index contributed by atoms with van der Waals surface area (Å²) >= 11 is 3.35. The van der Waals surface area contributed by atoms with Crippen LogP contribution in [0, 0.1) is 11.7 Å². The normalized spacial score (nSPS) is 28.6. The first-order chi connectivity index (χ1) is 8.05. The lowest BCUT2D eigenvalue weighted by Crippen LogP contribution is -2.35. The molecule has 1 aliphatic rings. The van der Waals surface area contributed by atoms with Gasteiger partial charge in [0, 0.05) is 10.9 Å². The first kappa shape index (κ1) is 13.0. The zero-order chi connectivity index (χ0) is 12.5. The highest BCUT2D eigenvalue weighted by Gasteiger charge is 2.40. The standard InChI is InChI=1S/C14H18BrFO/c1-2-11-4-3-7-14(11,17)9-10-8-12(15)5-6-13(10)16/h5-6,8,11,17H,2-4,7,9H2,1H3. The molecule has 2 unspecified atom stereocenters. The molecule has 2 atom stereocenters. The van der Waals surface area contributed by atoms with E-state index in [1.54, 1.807) is 12.1 Å². The van der Waals surface area contributed by atoms with Crippen LogP contribution in [0.4, 0.5) is 4.39 Å². The van der Waals surface area contributed by atoms with Crippen molar-refractivity contribution < 1.29 is 9.50 Å². The van der Waals surface area contributed by atoms with Crippen LogP contribution in [0.25, 0.3) is 0 Å². The van der Waals surface area contributed by atoms with E-state index in [9.17, 15) is 9.50 Å². The van der Waals surface area contributed by atoms with Crippen LogP contribution in [0.2, 0.25) is 0 Å². The van der Waals surface area contributed by atoms with Crippen LogP contribution in [-0.4, -0.2) is 10.7 Å². The molecule has 0 bridgehead atoms. The number of benzene rings is 1. The molecule has 0 radical (unpaired) electrons. The van der Waals surface area contributed by atoms with Gasteiger partial charge in [0.15, 0.2) is 0 Å². The number of halogens is 2. The average molecular weight is 301 g/mol. The Morgan fingerprint density at radius 3 is 3.00 bits per heavy atom. The Hall–Kier alpha value is -0.410. The third-order valence-corrected chi connectivity index (χ3v) is 4.41. The minimum atomic E-state index is -0.712. The lowest BCUT2D eigenvalue weighted by molar-refractivity contribution is 0.000760. The summed E-state index contributed by atoms with van der Waals surface area (Å²) in [6, 6.07) is 4.92. The molecular weight excluding hydrogens is 283 g/mol. The highest BCUT2D eigenvalue weighted by molar-refractivity contribution is 9.10. The van der Waals surface area contributed by atoms with Gasteiger partial charge in [0.25, 0.3) is 0 Å². The Labute approximate surface area is 110 Å². The molecule has 0 spiro atoms. The van der Waals surface area contributed by atoms with Crippen LogP contribution < -0.4 is 0 Å². The van der Waals surface area contributed by atoms with Crippen LogP contribution in [0.3, 0.4) is 0 Å². The first-order valence-corrected chi connectivity index (χ1v) is 7.01. The van der Waals surface area contributed by atoms with Gasteiger partial charge in [-0.1, -0.05) is 35.7 Å². The van der Waals surface area contributed by atoms with E-state index in [2.05, 4.69) is 22.9 Å². The fourth-order valence-electron chi connectivity index (χ4n) is 2.95. The van der Waals surface area contributed by atoms with Crippen LogP contribution in [0.5, 0.6) is 0 Å². The Morgan fingerprint density at radius 1 is 1.53 bits per heavy atom. The Morgan fingerprint density at radius 2 is 2.29 bits per heavy atom. The average Bonchev–Trinajstić information content (AvgIpc) is 2.65. The maximum atomic E-state index is 13.7. The highest BCUT2D eigenvalue weighted by Crippen LogP contribution is 2.40. The first-order valence-electron chi connectivity index (χ1n) is 6.21. The fraction of sp³-hybridized carbons (Fsp3) is 0.571. The molecule has 1 N–H and O–H groups in total. The molecule has 1 nitrogen and oxygen atoms in total. The molecule has 0 saturated heterocycles. The van der Waals surface area contributed by atoms with Crippen molar-refractivity contribution in [1.82, 2.24) is 0 Å². The lowest BCUT2D eigenvalue weighted by atomic mass is 9.83. The molecule has 0 amide bonds.